The van der Waals surface area contributed by atoms with Gasteiger partial charge in [-0.1, -0.05) is 36.4 Å². The van der Waals surface area contributed by atoms with E-state index in [4.69, 9.17) is 0 Å². The van der Waals surface area contributed by atoms with Gasteiger partial charge in [-0.05, 0) is 43.2 Å². The van der Waals surface area contributed by atoms with Gasteiger partial charge in [-0.2, -0.15) is 0 Å². The SMILES string of the molecule is Cc1nc(-c2ccc(CCNC(=O)NC(c3ccccc3)c3ccccn3)s2)cs1. The molecule has 4 aromatic rings. The third-order valence-corrected chi connectivity index (χ3v) is 6.52. The molecule has 5 nitrogen and oxygen atoms in total. The van der Waals surface area contributed by atoms with Gasteiger partial charge in [0.25, 0.3) is 0 Å². The van der Waals surface area contributed by atoms with E-state index >= 15 is 0 Å². The summed E-state index contributed by atoms with van der Waals surface area (Å²) in [5.74, 6) is 0. The van der Waals surface area contributed by atoms with Gasteiger partial charge in [0.1, 0.15) is 0 Å². The Bertz CT molecular complexity index is 1050. The van der Waals surface area contributed by atoms with E-state index in [1.165, 1.54) is 4.88 Å². The van der Waals surface area contributed by atoms with Crippen LogP contribution in [0.5, 0.6) is 0 Å². The van der Waals surface area contributed by atoms with Crippen LogP contribution < -0.4 is 10.6 Å². The molecule has 7 heteroatoms. The normalized spacial score (nSPS) is 11.8. The van der Waals surface area contributed by atoms with E-state index in [2.05, 4.69) is 38.1 Å². The number of thiazole rings is 1. The number of urea groups is 1. The molecule has 0 fully saturated rings. The first-order chi connectivity index (χ1) is 14.7. The van der Waals surface area contributed by atoms with E-state index in [9.17, 15) is 4.79 Å². The fourth-order valence-electron chi connectivity index (χ4n) is 3.13. The van der Waals surface area contributed by atoms with Gasteiger partial charge < -0.3 is 10.6 Å². The predicted molar refractivity (Wildman–Crippen MR) is 123 cm³/mol. The summed E-state index contributed by atoms with van der Waals surface area (Å²) < 4.78 is 0. The zero-order chi connectivity index (χ0) is 20.8. The Morgan fingerprint density at radius 3 is 2.63 bits per heavy atom. The van der Waals surface area contributed by atoms with Crippen molar-refractivity contribution in [2.45, 2.75) is 19.4 Å². The Labute approximate surface area is 183 Å². The number of amides is 2. The summed E-state index contributed by atoms with van der Waals surface area (Å²) in [6.45, 7) is 2.57. The number of hydrogen-bond acceptors (Lipinski definition) is 5. The van der Waals surface area contributed by atoms with Crippen molar-refractivity contribution in [3.05, 3.63) is 93.4 Å². The summed E-state index contributed by atoms with van der Waals surface area (Å²) in [4.78, 5) is 23.9. The monoisotopic (exact) mass is 434 g/mol. The van der Waals surface area contributed by atoms with Crippen LogP contribution in [0.25, 0.3) is 10.6 Å². The minimum absolute atomic E-state index is 0.207. The first kappa shape index (κ1) is 20.3. The first-order valence-corrected chi connectivity index (χ1v) is 11.4. The highest BCUT2D eigenvalue weighted by atomic mass is 32.1. The van der Waals surface area contributed by atoms with Crippen molar-refractivity contribution in [3.8, 4) is 10.6 Å². The lowest BCUT2D eigenvalue weighted by Gasteiger charge is -2.19. The Morgan fingerprint density at radius 2 is 1.90 bits per heavy atom. The summed E-state index contributed by atoms with van der Waals surface area (Å²) in [5.41, 5.74) is 2.83. The summed E-state index contributed by atoms with van der Waals surface area (Å²) in [7, 11) is 0. The molecule has 30 heavy (non-hydrogen) atoms. The van der Waals surface area contributed by atoms with Crippen LogP contribution in [-0.4, -0.2) is 22.5 Å². The smallest absolute Gasteiger partial charge is 0.315 e. The Hall–Kier alpha value is -3.03. The van der Waals surface area contributed by atoms with E-state index in [1.807, 2.05) is 55.5 Å². The molecule has 0 spiro atoms. The number of aryl methyl sites for hydroxylation is 1. The number of rotatable bonds is 7. The molecular formula is C23H22N4OS2. The number of carbonyl (C=O) groups excluding carboxylic acids is 1. The summed E-state index contributed by atoms with van der Waals surface area (Å²) >= 11 is 3.38. The Morgan fingerprint density at radius 1 is 1.07 bits per heavy atom. The van der Waals surface area contributed by atoms with Gasteiger partial charge in [0.05, 0.1) is 27.3 Å². The van der Waals surface area contributed by atoms with Crippen LogP contribution in [0.1, 0.15) is 27.2 Å². The van der Waals surface area contributed by atoms with Crippen LogP contribution in [0.4, 0.5) is 4.79 Å². The minimum Gasteiger partial charge on any atom is -0.338 e. The standard InChI is InChI=1S/C23H22N4OS2/c1-16-26-20(15-29-16)21-11-10-18(30-21)12-14-25-23(28)27-22(17-7-3-2-4-8-17)19-9-5-6-13-24-19/h2-11,13,15,22H,12,14H2,1H3,(H2,25,27,28). The molecule has 0 aliphatic heterocycles. The second-order valence-electron chi connectivity index (χ2n) is 6.77. The molecule has 2 amide bonds. The molecular weight excluding hydrogens is 412 g/mol. The number of pyridine rings is 1. The molecule has 0 aliphatic rings. The lowest BCUT2D eigenvalue weighted by molar-refractivity contribution is 0.238. The zero-order valence-corrected chi connectivity index (χ0v) is 18.2. The van der Waals surface area contributed by atoms with Crippen molar-refractivity contribution in [2.24, 2.45) is 0 Å². The third kappa shape index (κ3) is 5.11. The van der Waals surface area contributed by atoms with E-state index in [1.54, 1.807) is 28.9 Å². The number of thiophene rings is 1. The van der Waals surface area contributed by atoms with Gasteiger partial charge in [0, 0.05) is 23.0 Å². The molecule has 0 saturated carbocycles. The molecule has 0 radical (unpaired) electrons. The molecule has 4 rings (SSSR count). The Kier molecular flexibility index (Phi) is 6.51. The van der Waals surface area contributed by atoms with Crippen LogP contribution in [0.3, 0.4) is 0 Å². The van der Waals surface area contributed by atoms with Crippen LogP contribution in [-0.2, 0) is 6.42 Å². The van der Waals surface area contributed by atoms with Gasteiger partial charge in [-0.25, -0.2) is 9.78 Å². The van der Waals surface area contributed by atoms with Gasteiger partial charge >= 0.3 is 6.03 Å². The summed E-state index contributed by atoms with van der Waals surface area (Å²) in [6, 6.07) is 19.3. The second kappa shape index (κ2) is 9.65. The van der Waals surface area contributed by atoms with Gasteiger partial charge in [0.2, 0.25) is 0 Å². The largest absolute Gasteiger partial charge is 0.338 e. The molecule has 0 bridgehead atoms. The maximum atomic E-state index is 12.6. The minimum atomic E-state index is -0.298. The lowest BCUT2D eigenvalue weighted by atomic mass is 10.0. The first-order valence-electron chi connectivity index (χ1n) is 9.70. The van der Waals surface area contributed by atoms with Crippen molar-refractivity contribution in [3.63, 3.8) is 0 Å². The van der Waals surface area contributed by atoms with E-state index < -0.39 is 0 Å². The highest BCUT2D eigenvalue weighted by molar-refractivity contribution is 7.16. The van der Waals surface area contributed by atoms with E-state index in [-0.39, 0.29) is 12.1 Å². The Balaban J connectivity index is 1.35. The van der Waals surface area contributed by atoms with Crippen molar-refractivity contribution in [2.75, 3.05) is 6.54 Å². The molecule has 0 saturated heterocycles. The van der Waals surface area contributed by atoms with Crippen LogP contribution in [0.2, 0.25) is 0 Å². The molecule has 152 valence electrons. The predicted octanol–water partition coefficient (Wildman–Crippen LogP) is 5.21. The number of nitrogens with one attached hydrogen (secondary N) is 2. The van der Waals surface area contributed by atoms with Gasteiger partial charge in [0.15, 0.2) is 0 Å². The average molecular weight is 435 g/mol. The molecule has 2 N–H and O–H groups in total. The molecule has 0 aliphatic carbocycles. The highest BCUT2D eigenvalue weighted by Crippen LogP contribution is 2.29. The second-order valence-corrected chi connectivity index (χ2v) is 9.00. The fourth-order valence-corrected chi connectivity index (χ4v) is 4.78. The molecule has 3 aromatic heterocycles. The topological polar surface area (TPSA) is 66.9 Å². The maximum Gasteiger partial charge on any atom is 0.315 e. The third-order valence-electron chi connectivity index (χ3n) is 4.58. The highest BCUT2D eigenvalue weighted by Gasteiger charge is 2.17. The number of hydrogen-bond donors (Lipinski definition) is 2. The zero-order valence-electron chi connectivity index (χ0n) is 16.5. The number of nitrogens with zero attached hydrogens (tertiary/aromatic N) is 2. The summed E-state index contributed by atoms with van der Waals surface area (Å²) in [5, 5.41) is 9.17. The average Bonchev–Trinajstić information content (AvgIpc) is 3.42. The number of benzene rings is 1. The van der Waals surface area contributed by atoms with E-state index in [0.717, 1.165) is 33.3 Å². The fraction of sp³-hybridized carbons (Fsp3) is 0.174. The van der Waals surface area contributed by atoms with Crippen LogP contribution in [0, 0.1) is 6.92 Å². The molecule has 3 heterocycles. The quantitative estimate of drug-likeness (QED) is 0.420. The lowest BCUT2D eigenvalue weighted by Crippen LogP contribution is -2.39. The van der Waals surface area contributed by atoms with Crippen molar-refractivity contribution >= 4 is 28.7 Å². The van der Waals surface area contributed by atoms with Crippen LogP contribution >= 0.6 is 22.7 Å². The maximum absolute atomic E-state index is 12.6. The molecule has 1 aromatic carbocycles. The molecule has 1 unspecified atom stereocenters. The van der Waals surface area contributed by atoms with E-state index in [0.29, 0.717) is 6.54 Å². The summed E-state index contributed by atoms with van der Waals surface area (Å²) in [6.07, 6.45) is 2.52. The van der Waals surface area contributed by atoms with Crippen molar-refractivity contribution in [1.82, 2.24) is 20.6 Å². The van der Waals surface area contributed by atoms with Crippen molar-refractivity contribution in [1.29, 1.82) is 0 Å². The van der Waals surface area contributed by atoms with Gasteiger partial charge in [-0.15, -0.1) is 22.7 Å². The van der Waals surface area contributed by atoms with Gasteiger partial charge in [-0.3, -0.25) is 4.98 Å². The number of aromatic nitrogens is 2. The molecule has 1 atom stereocenters. The van der Waals surface area contributed by atoms with Crippen LogP contribution in [0.15, 0.2) is 72.2 Å². The number of carbonyl (C=O) groups is 1. The van der Waals surface area contributed by atoms with Crippen molar-refractivity contribution < 1.29 is 4.79 Å².